The van der Waals surface area contributed by atoms with Crippen molar-refractivity contribution >= 4 is 136 Å². The lowest BCUT2D eigenvalue weighted by Gasteiger charge is -2.40. The van der Waals surface area contributed by atoms with Crippen molar-refractivity contribution < 1.29 is 74.1 Å². The zero-order valence-corrected chi connectivity index (χ0v) is 76.1. The van der Waals surface area contributed by atoms with Crippen molar-refractivity contribution in [1.82, 2.24) is 73.3 Å². The van der Waals surface area contributed by atoms with E-state index in [9.17, 15) is 75.3 Å². The quantitative estimate of drug-likeness (QED) is 0.0652. The summed E-state index contributed by atoms with van der Waals surface area (Å²) >= 11 is 20.5. The fraction of sp³-hybridized carbons (Fsp3) is 0.286. The number of hydrogen-bond acceptors (Lipinski definition) is 25. The van der Waals surface area contributed by atoms with Gasteiger partial charge in [0.2, 0.25) is 23.6 Å². The van der Waals surface area contributed by atoms with Gasteiger partial charge in [0.15, 0.2) is 61.7 Å². The number of amides is 5. The number of carbonyl (C=O) groups excluding carboxylic acids is 5. The summed E-state index contributed by atoms with van der Waals surface area (Å²) < 4.78 is 122. The van der Waals surface area contributed by atoms with Crippen LogP contribution in [0.5, 0.6) is 17.2 Å². The first-order valence-corrected chi connectivity index (χ1v) is 44.6. The zero-order chi connectivity index (χ0) is 96.6. The highest BCUT2D eigenvalue weighted by Gasteiger charge is 2.48. The Morgan fingerprint density at radius 3 is 1.22 bits per heavy atom. The Bertz CT molecular complexity index is 7490. The molecule has 18 rings (SSSR count). The molecule has 5 amide bonds. The molecule has 0 radical (unpaired) electrons. The summed E-state index contributed by atoms with van der Waals surface area (Å²) in [6, 6.07) is 7.27. The third kappa shape index (κ3) is 15.4. The molecular formula is C91H81Cl3F6N20O13S. The lowest BCUT2D eigenvalue weighted by molar-refractivity contribution is -0.129. The van der Waals surface area contributed by atoms with E-state index in [-0.39, 0.29) is 166 Å². The minimum absolute atomic E-state index is 0.0182. The molecule has 3 unspecified atom stereocenters. The number of halogens is 9. The molecule has 4 N–H and O–H groups in total. The summed E-state index contributed by atoms with van der Waals surface area (Å²) in [7, 11) is -2.96. The molecule has 3 atom stereocenters. The molecule has 0 bridgehead atoms. The highest BCUT2D eigenvalue weighted by atomic mass is 35.5. The summed E-state index contributed by atoms with van der Waals surface area (Å²) in [6.07, 6.45) is 8.21. The number of likely N-dealkylation sites (N-methyl/N-ethyl adjacent to an activating group) is 1. The lowest BCUT2D eigenvalue weighted by atomic mass is 10.0. The van der Waals surface area contributed by atoms with Crippen LogP contribution in [-0.2, 0) is 33.8 Å². The van der Waals surface area contributed by atoms with Crippen LogP contribution < -0.4 is 42.0 Å². The molecule has 6 aliphatic rings. The fourth-order valence-corrected chi connectivity index (χ4v) is 20.9. The lowest BCUT2D eigenvalue weighted by Crippen LogP contribution is -2.60. The second kappa shape index (κ2) is 35.4. The molecule has 134 heavy (non-hydrogen) atoms. The Kier molecular flexibility index (Phi) is 24.5. The average molecular weight is 1920 g/mol. The van der Waals surface area contributed by atoms with Gasteiger partial charge in [-0.2, -0.15) is 15.0 Å². The van der Waals surface area contributed by atoms with E-state index in [1.807, 2.05) is 41.5 Å². The van der Waals surface area contributed by atoms with E-state index in [1.165, 1.54) is 35.8 Å². The van der Waals surface area contributed by atoms with E-state index in [1.54, 1.807) is 72.3 Å². The number of pyridine rings is 6. The number of hydrogen-bond donors (Lipinski definition) is 4. The normalized spacial score (nSPS) is 16.6. The molecule has 0 spiro atoms. The van der Waals surface area contributed by atoms with Gasteiger partial charge in [-0.15, -0.1) is 0 Å². The number of nitrogens with one attached hydrogen (secondary N) is 1. The van der Waals surface area contributed by atoms with E-state index in [0.717, 1.165) is 53.1 Å². The minimum atomic E-state index is -4.40. The number of nitrogens with zero attached hydrogens (tertiary/aromatic N) is 19. The van der Waals surface area contributed by atoms with Crippen LogP contribution in [0.15, 0.2) is 130 Å². The van der Waals surface area contributed by atoms with Crippen LogP contribution in [0, 0.1) is 55.7 Å². The maximum atomic E-state index is 15.4. The largest absolute Gasteiger partial charge is 0.507 e. The Hall–Kier alpha value is -14.3. The van der Waals surface area contributed by atoms with Gasteiger partial charge in [0.1, 0.15) is 63.1 Å². The minimum Gasteiger partial charge on any atom is -0.507 e. The molecular weight excluding hydrogens is 1830 g/mol. The van der Waals surface area contributed by atoms with E-state index >= 15 is 13.2 Å². The molecule has 0 aliphatic carbocycles. The van der Waals surface area contributed by atoms with Gasteiger partial charge in [0, 0.05) is 71.5 Å². The van der Waals surface area contributed by atoms with Crippen molar-refractivity contribution in [2.45, 2.75) is 103 Å². The number of carbonyl (C=O) groups is 5. The van der Waals surface area contributed by atoms with E-state index < -0.39 is 164 Å². The maximum Gasteiger partial charge on any atom is 0.355 e. The smallest absolute Gasteiger partial charge is 0.355 e. The van der Waals surface area contributed by atoms with Gasteiger partial charge in [0.25, 0.3) is 5.91 Å². The summed E-state index contributed by atoms with van der Waals surface area (Å²) in [5.74, 6) is -13.5. The number of rotatable bonds is 12. The predicted octanol–water partition coefficient (Wildman–Crippen LogP) is 12.1. The third-order valence-corrected chi connectivity index (χ3v) is 27.3. The number of fused-ring (bicyclic) bond motifs is 6. The molecule has 0 saturated carbocycles. The Labute approximate surface area is 773 Å². The molecule has 3 saturated heterocycles. The molecule has 6 aliphatic heterocycles. The Balaban J connectivity index is 0.000000146. The molecule has 3 fully saturated rings. The first-order valence-electron chi connectivity index (χ1n) is 41.8. The van der Waals surface area contributed by atoms with Crippen molar-refractivity contribution in [3.05, 3.63) is 226 Å². The molecule has 692 valence electrons. The fourth-order valence-electron chi connectivity index (χ4n) is 17.8. The first kappa shape index (κ1) is 93.0. The maximum absolute atomic E-state index is 15.4. The van der Waals surface area contributed by atoms with Gasteiger partial charge in [-0.1, -0.05) is 96.1 Å². The number of aryl methyl sites for hydroxylation is 3. The summed E-state index contributed by atoms with van der Waals surface area (Å²) in [5.41, 5.74) is -1.84. The number of aromatic hydroxyl groups is 3. The van der Waals surface area contributed by atoms with E-state index in [0.29, 0.717) is 51.2 Å². The molecule has 43 heteroatoms. The van der Waals surface area contributed by atoms with Crippen molar-refractivity contribution in [2.24, 2.45) is 0 Å². The Morgan fingerprint density at radius 1 is 0.463 bits per heavy atom. The van der Waals surface area contributed by atoms with Gasteiger partial charge in [-0.05, 0) is 128 Å². The van der Waals surface area contributed by atoms with Gasteiger partial charge in [-0.3, -0.25) is 38.9 Å². The van der Waals surface area contributed by atoms with Gasteiger partial charge >= 0.3 is 17.1 Å². The van der Waals surface area contributed by atoms with Crippen LogP contribution in [0.2, 0.25) is 15.1 Å². The zero-order valence-electron chi connectivity index (χ0n) is 73.0. The molecule has 15 heterocycles. The highest BCUT2D eigenvalue weighted by Crippen LogP contribution is 2.52. The number of piperazine rings is 3. The SMILES string of the molecule is C=CC(=O)N1CCN2c3nc(=O)n(-c4c(C)ccnc4C(C)C)c4nc(-c5c(O)ccc(F)c5F)c(Cl)c(c34)N(C)C(=O)C2C1.C=CC(=O)N1CCN2c3nc(=O)n(-c4c(C)ccnc4C(C)C)c4nc(-c5c(O)ccc(F)c5F)c(Cl)c(c34)NC(=O)C2C1.C=CC(=O)N1CCN2c3nc(=O)n(-c4c(C)ccnc4C(C)C)c4nc(-c5c(O)ccc(F)c5F)c(Cl)c(c34)S(=O)(=O)CC2C1. The predicted molar refractivity (Wildman–Crippen MR) is 489 cm³/mol. The van der Waals surface area contributed by atoms with Crippen LogP contribution in [-0.4, -0.2) is 216 Å². The molecule has 9 aromatic heterocycles. The summed E-state index contributed by atoms with van der Waals surface area (Å²) in [6.45, 7) is 28.0. The van der Waals surface area contributed by atoms with Crippen LogP contribution in [0.25, 0.3) is 83.9 Å². The second-order valence-corrected chi connectivity index (χ2v) is 36.5. The topological polar surface area (TPSA) is 397 Å². The van der Waals surface area contributed by atoms with Crippen LogP contribution in [0.3, 0.4) is 0 Å². The first-order chi connectivity index (χ1) is 63.6. The Morgan fingerprint density at radius 2 is 0.813 bits per heavy atom. The summed E-state index contributed by atoms with van der Waals surface area (Å²) in [4.78, 5) is 158. The van der Waals surface area contributed by atoms with E-state index in [4.69, 9.17) is 34.8 Å². The van der Waals surface area contributed by atoms with Crippen LogP contribution in [0.1, 0.15) is 93.1 Å². The van der Waals surface area contributed by atoms with Crippen molar-refractivity contribution in [1.29, 1.82) is 0 Å². The number of sulfone groups is 1. The molecule has 33 nitrogen and oxygen atoms in total. The number of phenols is 3. The average Bonchev–Trinajstić information content (AvgIpc) is 1.44. The highest BCUT2D eigenvalue weighted by molar-refractivity contribution is 7.91. The van der Waals surface area contributed by atoms with Gasteiger partial charge in [0.05, 0.1) is 124 Å². The van der Waals surface area contributed by atoms with Crippen molar-refractivity contribution in [3.8, 4) is 68.1 Å². The van der Waals surface area contributed by atoms with Gasteiger partial charge < -0.3 is 54.9 Å². The monoisotopic (exact) mass is 1910 g/mol. The standard InChI is InChI=1S/C31H28ClF2N7O4.C30H26ClF2N7O4.C30H27ClF2N6O5S/c1-6-19(43)39-11-12-40-17(13-39)30(44)38(5)27-21-28(40)37-31(45)41(26-15(4)9-10-35-24(26)14(2)3)29(21)36-25(22(27)32)20-18(42)8-7-16(33)23(20)34;1-5-18(42)38-10-11-39-16(12-38)29(43)36-25-20-27(39)37-30(44)40(26-14(4)8-9-34-23(26)13(2)3)28(20)35-24(21(25)31)19-17(41)7-6-15(32)22(19)33;1-5-19(41)37-10-11-38-16(12-37)13-45(43,44)27-21-28(38)36-30(42)39(26-15(4)8-9-34-24(26)14(2)3)29(21)35-25(22(27)31)20-18(40)7-6-17(32)23(20)33/h6-10,14,17,42H,1,11-13H2,2-5H3;5-9,13,16,41H,1,10-12H2,2-4H3,(H,36,43);5-9,14,16,40H,1,10-13H2,2-4H3. The second-order valence-electron chi connectivity index (χ2n) is 33.3. The van der Waals surface area contributed by atoms with E-state index in [2.05, 4.69) is 69.9 Å². The number of benzene rings is 3. The molecule has 3 aromatic carbocycles. The third-order valence-electron chi connectivity index (χ3n) is 24.2. The van der Waals surface area contributed by atoms with Crippen molar-refractivity contribution in [2.75, 3.05) is 96.6 Å². The molecule has 12 aromatic rings. The van der Waals surface area contributed by atoms with Crippen LogP contribution in [0.4, 0.5) is 55.2 Å². The van der Waals surface area contributed by atoms with Gasteiger partial charge in [-0.25, -0.2) is 77.8 Å². The van der Waals surface area contributed by atoms with Crippen LogP contribution >= 0.6 is 34.8 Å². The number of anilines is 5. The summed E-state index contributed by atoms with van der Waals surface area (Å²) in [5, 5.41) is 33.8. The van der Waals surface area contributed by atoms with Crippen molar-refractivity contribution in [3.63, 3.8) is 0 Å². The number of phenolic OH excluding ortho intramolecular Hbond substituents is 3. The number of aromatic nitrogens is 12.